The van der Waals surface area contributed by atoms with Crippen molar-refractivity contribution < 1.29 is 22.7 Å². The number of nitrogens with one attached hydrogen (secondary N) is 1. The summed E-state index contributed by atoms with van der Waals surface area (Å²) in [6.07, 6.45) is 4.68. The molecule has 35 heavy (non-hydrogen) atoms. The Bertz CT molecular complexity index is 1230. The van der Waals surface area contributed by atoms with Gasteiger partial charge in [-0.25, -0.2) is 8.42 Å². The van der Waals surface area contributed by atoms with Gasteiger partial charge in [-0.2, -0.15) is 0 Å². The molecule has 7 nitrogen and oxygen atoms in total. The van der Waals surface area contributed by atoms with Crippen molar-refractivity contribution >= 4 is 21.5 Å². The summed E-state index contributed by atoms with van der Waals surface area (Å²) >= 11 is 0. The van der Waals surface area contributed by atoms with Gasteiger partial charge in [0, 0.05) is 31.1 Å². The molecule has 1 aliphatic heterocycles. The zero-order valence-electron chi connectivity index (χ0n) is 20.7. The minimum absolute atomic E-state index is 0.0513. The third-order valence-electron chi connectivity index (χ3n) is 7.52. The van der Waals surface area contributed by atoms with Crippen LogP contribution in [0.5, 0.6) is 11.5 Å². The van der Waals surface area contributed by atoms with Gasteiger partial charge in [0.2, 0.25) is 0 Å². The molecule has 2 aliphatic carbocycles. The molecule has 1 N–H and O–H groups in total. The second kappa shape index (κ2) is 9.13. The minimum Gasteiger partial charge on any atom is -0.490 e. The van der Waals surface area contributed by atoms with Crippen molar-refractivity contribution in [1.29, 1.82) is 0 Å². The van der Waals surface area contributed by atoms with Crippen LogP contribution in [0.3, 0.4) is 0 Å². The molecular weight excluding hydrogens is 464 g/mol. The monoisotopic (exact) mass is 498 g/mol. The van der Waals surface area contributed by atoms with Crippen LogP contribution in [0.1, 0.15) is 57.1 Å². The summed E-state index contributed by atoms with van der Waals surface area (Å²) in [6, 6.07) is 10.2. The van der Waals surface area contributed by atoms with Gasteiger partial charge in [0.1, 0.15) is 28.3 Å². The number of para-hydroxylation sites is 1. The fraction of sp³-hybridized carbons (Fsp3) is 0.519. The first kappa shape index (κ1) is 24.1. The van der Waals surface area contributed by atoms with Gasteiger partial charge in [-0.1, -0.05) is 18.6 Å². The van der Waals surface area contributed by atoms with Crippen LogP contribution in [0.2, 0.25) is 0 Å². The molecule has 1 saturated carbocycles. The predicted octanol–water partition coefficient (Wildman–Crippen LogP) is 4.29. The summed E-state index contributed by atoms with van der Waals surface area (Å²) in [5, 5.41) is 0. The molecule has 2 aromatic rings. The number of carbonyl (C=O) groups excluding carboxylic acids is 1. The van der Waals surface area contributed by atoms with E-state index < -0.39 is 15.4 Å². The highest BCUT2D eigenvalue weighted by Gasteiger charge is 2.51. The molecule has 0 amide bonds. The van der Waals surface area contributed by atoms with Gasteiger partial charge < -0.3 is 14.4 Å². The maximum absolute atomic E-state index is 13.4. The highest BCUT2D eigenvalue weighted by atomic mass is 32.2. The van der Waals surface area contributed by atoms with Crippen LogP contribution >= 0.6 is 0 Å². The zero-order chi connectivity index (χ0) is 24.8. The Balaban J connectivity index is 1.51. The number of fused-ring (bicyclic) bond motifs is 2. The van der Waals surface area contributed by atoms with Crippen molar-refractivity contribution in [3.8, 4) is 11.5 Å². The molecule has 0 radical (unpaired) electrons. The van der Waals surface area contributed by atoms with Crippen LogP contribution in [-0.4, -0.2) is 51.4 Å². The smallest absolute Gasteiger partial charge is 0.265 e. The number of benzene rings is 2. The number of likely N-dealkylation sites (tertiary alicyclic amines) is 1. The van der Waals surface area contributed by atoms with E-state index in [0.717, 1.165) is 56.3 Å². The number of ether oxygens (including phenoxy) is 2. The number of ketones is 1. The van der Waals surface area contributed by atoms with Gasteiger partial charge in [-0.15, -0.1) is 0 Å². The van der Waals surface area contributed by atoms with Crippen LogP contribution in [0.15, 0.2) is 41.3 Å². The summed E-state index contributed by atoms with van der Waals surface area (Å²) in [4.78, 5) is 15.4. The minimum atomic E-state index is -3.93. The van der Waals surface area contributed by atoms with Crippen LogP contribution in [-0.2, 0) is 26.7 Å². The zero-order valence-corrected chi connectivity index (χ0v) is 21.5. The number of nitrogens with zero attached hydrogens (tertiary/aromatic N) is 1. The predicted molar refractivity (Wildman–Crippen MR) is 135 cm³/mol. The van der Waals surface area contributed by atoms with Gasteiger partial charge in [-0.3, -0.25) is 9.52 Å². The number of piperidine rings is 1. The summed E-state index contributed by atoms with van der Waals surface area (Å²) < 4.78 is 41.9. The maximum Gasteiger partial charge on any atom is 0.265 e. The molecule has 8 heteroatoms. The van der Waals surface area contributed by atoms with Crippen molar-refractivity contribution in [2.45, 2.75) is 74.9 Å². The average Bonchev–Trinajstić information content (AvgIpc) is 3.07. The van der Waals surface area contributed by atoms with E-state index in [1.165, 1.54) is 0 Å². The molecule has 5 rings (SSSR count). The molecule has 2 fully saturated rings. The molecule has 1 heterocycles. The lowest BCUT2D eigenvalue weighted by molar-refractivity contribution is -0.125. The molecule has 3 aliphatic rings. The first-order valence-electron chi connectivity index (χ1n) is 12.5. The fourth-order valence-corrected chi connectivity index (χ4v) is 6.67. The van der Waals surface area contributed by atoms with Crippen molar-refractivity contribution in [1.82, 2.24) is 4.90 Å². The number of anilines is 1. The van der Waals surface area contributed by atoms with E-state index in [1.807, 2.05) is 19.9 Å². The van der Waals surface area contributed by atoms with Crippen LogP contribution in [0.4, 0.5) is 5.69 Å². The maximum atomic E-state index is 13.4. The topological polar surface area (TPSA) is 84.9 Å². The Kier molecular flexibility index (Phi) is 6.30. The van der Waals surface area contributed by atoms with Crippen molar-refractivity contribution in [3.63, 3.8) is 0 Å². The number of Topliss-reactive ketones (excluding diaryl/α,β-unsaturated/α-hetero) is 1. The normalized spacial score (nSPS) is 20.1. The van der Waals surface area contributed by atoms with E-state index in [1.54, 1.807) is 30.3 Å². The molecule has 0 unspecified atom stereocenters. The number of sulfonamides is 1. The van der Waals surface area contributed by atoms with Gasteiger partial charge >= 0.3 is 0 Å². The Morgan fingerprint density at radius 2 is 1.80 bits per heavy atom. The number of carbonyl (C=O) groups is 1. The quantitative estimate of drug-likeness (QED) is 0.613. The summed E-state index contributed by atoms with van der Waals surface area (Å²) in [5.41, 5.74) is 1.80. The van der Waals surface area contributed by atoms with Crippen LogP contribution in [0, 0.1) is 0 Å². The van der Waals surface area contributed by atoms with Gasteiger partial charge in [-0.05, 0) is 70.3 Å². The Hall–Kier alpha value is -2.58. The second-order valence-electron chi connectivity index (χ2n) is 10.4. The van der Waals surface area contributed by atoms with E-state index in [4.69, 9.17) is 9.47 Å². The average molecular weight is 499 g/mol. The third-order valence-corrected chi connectivity index (χ3v) is 8.94. The Morgan fingerprint density at radius 1 is 1.09 bits per heavy atom. The first-order valence-corrected chi connectivity index (χ1v) is 14.0. The lowest BCUT2D eigenvalue weighted by Gasteiger charge is -2.38. The number of rotatable bonds is 7. The van der Waals surface area contributed by atoms with E-state index in [-0.39, 0.29) is 22.9 Å². The molecule has 188 valence electrons. The highest BCUT2D eigenvalue weighted by molar-refractivity contribution is 7.92. The standard InChI is InChI=1S/C27H34N2O5S/c1-18(2)33-23-7-4-5-8-25(23)35(31,32)28-19-15-22-21(17-26(30)27(22)11-6-12-27)24(16-19)34-20-9-13-29(3)14-10-20/h4-5,7-8,15-16,18,20,28H,6,9-14,17H2,1-3H3. The molecule has 0 bridgehead atoms. The largest absolute Gasteiger partial charge is 0.490 e. The summed E-state index contributed by atoms with van der Waals surface area (Å²) in [5.74, 6) is 1.17. The fourth-order valence-electron chi connectivity index (χ4n) is 5.49. The van der Waals surface area contributed by atoms with E-state index in [9.17, 15) is 13.2 Å². The number of hydrogen-bond donors (Lipinski definition) is 1. The van der Waals surface area contributed by atoms with Gasteiger partial charge in [0.05, 0.1) is 17.2 Å². The van der Waals surface area contributed by atoms with Crippen LogP contribution < -0.4 is 14.2 Å². The van der Waals surface area contributed by atoms with E-state index >= 15 is 0 Å². The van der Waals surface area contributed by atoms with Crippen molar-refractivity contribution in [2.75, 3.05) is 24.9 Å². The Morgan fingerprint density at radius 3 is 2.46 bits per heavy atom. The van der Waals surface area contributed by atoms with E-state index in [0.29, 0.717) is 23.6 Å². The summed E-state index contributed by atoms with van der Waals surface area (Å²) in [7, 11) is -1.83. The van der Waals surface area contributed by atoms with Gasteiger partial charge in [0.15, 0.2) is 0 Å². The van der Waals surface area contributed by atoms with Crippen LogP contribution in [0.25, 0.3) is 0 Å². The van der Waals surface area contributed by atoms with Crippen molar-refractivity contribution in [2.24, 2.45) is 0 Å². The summed E-state index contributed by atoms with van der Waals surface area (Å²) in [6.45, 7) is 5.63. The lowest BCUT2D eigenvalue weighted by atomic mass is 9.64. The lowest BCUT2D eigenvalue weighted by Crippen LogP contribution is -2.39. The highest BCUT2D eigenvalue weighted by Crippen LogP contribution is 2.53. The van der Waals surface area contributed by atoms with E-state index in [2.05, 4.69) is 16.7 Å². The second-order valence-corrected chi connectivity index (χ2v) is 12.0. The molecular formula is C27H34N2O5S. The third kappa shape index (κ3) is 4.54. The number of hydrogen-bond acceptors (Lipinski definition) is 6. The first-order chi connectivity index (χ1) is 16.7. The molecule has 0 atom stereocenters. The van der Waals surface area contributed by atoms with Crippen molar-refractivity contribution in [3.05, 3.63) is 47.5 Å². The Labute approximate surface area is 207 Å². The molecule has 1 spiro atoms. The molecule has 2 aromatic carbocycles. The molecule has 1 saturated heterocycles. The SMILES string of the molecule is CC(C)Oc1ccccc1S(=O)(=O)Nc1cc(OC2CCN(C)CC2)c2c(c1)C1(CCC1)C(=O)C2. The molecule has 0 aromatic heterocycles. The van der Waals surface area contributed by atoms with Gasteiger partial charge in [0.25, 0.3) is 10.0 Å².